The van der Waals surface area contributed by atoms with Crippen molar-refractivity contribution >= 4 is 35.3 Å². The number of nitrogens with one attached hydrogen (secondary N) is 1. The summed E-state index contributed by atoms with van der Waals surface area (Å²) in [6.45, 7) is -0.192. The van der Waals surface area contributed by atoms with E-state index in [0.717, 1.165) is 9.80 Å². The average Bonchev–Trinajstić information content (AvgIpc) is 2.59. The average molecular weight is 284 g/mol. The van der Waals surface area contributed by atoms with Gasteiger partial charge in [-0.25, -0.2) is 20.5 Å². The van der Waals surface area contributed by atoms with Gasteiger partial charge in [0.15, 0.2) is 0 Å². The Labute approximate surface area is 113 Å². The summed E-state index contributed by atoms with van der Waals surface area (Å²) >= 11 is 5.92. The highest BCUT2D eigenvalue weighted by atomic mass is 35.5. The molecule has 8 nitrogen and oxygen atoms in total. The van der Waals surface area contributed by atoms with Crippen LogP contribution in [-0.4, -0.2) is 39.7 Å². The Bertz CT molecular complexity index is 576. The van der Waals surface area contributed by atoms with Gasteiger partial charge in [-0.05, 0) is 12.1 Å². The maximum absolute atomic E-state index is 11.7. The number of urea groups is 1. The van der Waals surface area contributed by atoms with Crippen molar-refractivity contribution in [2.75, 3.05) is 12.5 Å². The summed E-state index contributed by atoms with van der Waals surface area (Å²) < 4.78 is 0. The molecule has 0 aromatic carbocycles. The van der Waals surface area contributed by atoms with Gasteiger partial charge < -0.3 is 5.43 Å². The fraction of sp³-hybridized carbons (Fsp3) is 0.200. The molecule has 0 radical (unpaired) electrons. The van der Waals surface area contributed by atoms with E-state index in [4.69, 9.17) is 17.4 Å². The third-order valence-electron chi connectivity index (χ3n) is 2.62. The minimum atomic E-state index is -0.906. The molecule has 1 saturated heterocycles. The second kappa shape index (κ2) is 4.82. The number of carbonyl (C=O) groups is 3. The number of rotatable bonds is 3. The number of pyridine rings is 1. The zero-order valence-corrected chi connectivity index (χ0v) is 10.6. The van der Waals surface area contributed by atoms with Gasteiger partial charge in [0.2, 0.25) is 0 Å². The van der Waals surface area contributed by atoms with Gasteiger partial charge in [-0.1, -0.05) is 11.6 Å². The third-order valence-corrected chi connectivity index (χ3v) is 2.97. The monoisotopic (exact) mass is 283 g/mol. The number of likely N-dealkylation sites (N-methyl/N-ethyl adjacent to an activating group) is 1. The van der Waals surface area contributed by atoms with E-state index in [1.165, 1.54) is 19.2 Å². The first-order chi connectivity index (χ1) is 8.95. The first-order valence-corrected chi connectivity index (χ1v) is 5.59. The highest BCUT2D eigenvalue weighted by molar-refractivity contribution is 6.44. The standard InChI is InChI=1S/C10H10ClN5O3/c1-15-8(17)9(18)16(10(15)19)4-6-5(11)2-3-7(13-6)14-12/h2-3H,4,12H2,1H3,(H,13,14). The van der Waals surface area contributed by atoms with Crippen molar-refractivity contribution in [3.63, 3.8) is 0 Å². The molecule has 0 bridgehead atoms. The van der Waals surface area contributed by atoms with Crippen LogP contribution in [0.4, 0.5) is 10.6 Å². The predicted molar refractivity (Wildman–Crippen MR) is 65.8 cm³/mol. The first kappa shape index (κ1) is 13.2. The summed E-state index contributed by atoms with van der Waals surface area (Å²) in [6, 6.07) is 2.35. The molecule has 0 spiro atoms. The molecular formula is C10H10ClN5O3. The quantitative estimate of drug-likeness (QED) is 0.348. The number of carbonyl (C=O) groups excluding carboxylic acids is 3. The Morgan fingerprint density at radius 3 is 2.53 bits per heavy atom. The Hall–Kier alpha value is -2.19. The van der Waals surface area contributed by atoms with E-state index in [1.807, 2.05) is 0 Å². The minimum absolute atomic E-state index is 0.192. The van der Waals surface area contributed by atoms with Crippen molar-refractivity contribution < 1.29 is 14.4 Å². The van der Waals surface area contributed by atoms with E-state index in [2.05, 4.69) is 10.4 Å². The molecule has 1 fully saturated rings. The lowest BCUT2D eigenvalue weighted by Gasteiger charge is -2.13. The second-order valence-corrected chi connectivity index (χ2v) is 4.21. The summed E-state index contributed by atoms with van der Waals surface area (Å²) in [5, 5.41) is 0.265. The lowest BCUT2D eigenvalue weighted by Crippen LogP contribution is -2.31. The normalized spacial score (nSPS) is 15.4. The van der Waals surface area contributed by atoms with Gasteiger partial charge in [0.05, 0.1) is 17.3 Å². The number of hydrazine groups is 1. The Kier molecular flexibility index (Phi) is 3.36. The number of amides is 4. The SMILES string of the molecule is CN1C(=O)C(=O)N(Cc2nc(NN)ccc2Cl)C1=O. The van der Waals surface area contributed by atoms with Gasteiger partial charge in [0.25, 0.3) is 0 Å². The number of hydrogen-bond acceptors (Lipinski definition) is 6. The highest BCUT2D eigenvalue weighted by Crippen LogP contribution is 2.20. The fourth-order valence-electron chi connectivity index (χ4n) is 1.58. The van der Waals surface area contributed by atoms with Crippen LogP contribution in [0.15, 0.2) is 12.1 Å². The molecule has 1 aliphatic heterocycles. The molecule has 3 N–H and O–H groups in total. The third kappa shape index (κ3) is 2.23. The fourth-order valence-corrected chi connectivity index (χ4v) is 1.74. The number of nitrogens with zero attached hydrogens (tertiary/aromatic N) is 3. The van der Waals surface area contributed by atoms with E-state index in [0.29, 0.717) is 5.82 Å². The molecule has 100 valence electrons. The largest absolute Gasteiger partial charge is 0.334 e. The Morgan fingerprint density at radius 2 is 2.00 bits per heavy atom. The molecule has 1 aromatic heterocycles. The smallest absolute Gasteiger partial charge is 0.308 e. The summed E-state index contributed by atoms with van der Waals surface area (Å²) in [5.41, 5.74) is 2.59. The highest BCUT2D eigenvalue weighted by Gasteiger charge is 2.42. The van der Waals surface area contributed by atoms with Gasteiger partial charge >= 0.3 is 17.8 Å². The van der Waals surface area contributed by atoms with Crippen molar-refractivity contribution in [1.29, 1.82) is 0 Å². The maximum atomic E-state index is 11.7. The molecule has 0 aliphatic carbocycles. The zero-order valence-electron chi connectivity index (χ0n) is 9.88. The van der Waals surface area contributed by atoms with E-state index >= 15 is 0 Å². The number of imide groups is 2. The molecule has 19 heavy (non-hydrogen) atoms. The minimum Gasteiger partial charge on any atom is -0.308 e. The van der Waals surface area contributed by atoms with Gasteiger partial charge in [0, 0.05) is 7.05 Å². The van der Waals surface area contributed by atoms with Gasteiger partial charge in [-0.15, -0.1) is 0 Å². The number of hydrogen-bond donors (Lipinski definition) is 2. The molecule has 2 heterocycles. The van der Waals surface area contributed by atoms with Gasteiger partial charge in [0.1, 0.15) is 5.82 Å². The summed E-state index contributed by atoms with van der Waals surface area (Å²) in [5.74, 6) is 3.76. The van der Waals surface area contributed by atoms with E-state index in [-0.39, 0.29) is 17.3 Å². The van der Waals surface area contributed by atoms with Crippen LogP contribution < -0.4 is 11.3 Å². The Balaban J connectivity index is 2.29. The Morgan fingerprint density at radius 1 is 1.32 bits per heavy atom. The van der Waals surface area contributed by atoms with Crippen molar-refractivity contribution in [3.8, 4) is 0 Å². The molecule has 1 aliphatic rings. The van der Waals surface area contributed by atoms with E-state index in [9.17, 15) is 14.4 Å². The molecule has 0 unspecified atom stereocenters. The van der Waals surface area contributed by atoms with Crippen LogP contribution in [0, 0.1) is 0 Å². The van der Waals surface area contributed by atoms with Crippen LogP contribution in [0.2, 0.25) is 5.02 Å². The van der Waals surface area contributed by atoms with Crippen LogP contribution in [0.25, 0.3) is 0 Å². The number of nitrogens with two attached hydrogens (primary N) is 1. The molecule has 4 amide bonds. The number of nitrogen functional groups attached to an aromatic ring is 1. The van der Waals surface area contributed by atoms with Crippen molar-refractivity contribution in [3.05, 3.63) is 22.8 Å². The van der Waals surface area contributed by atoms with Crippen LogP contribution >= 0.6 is 11.6 Å². The van der Waals surface area contributed by atoms with Crippen LogP contribution in [0.1, 0.15) is 5.69 Å². The number of aromatic nitrogens is 1. The van der Waals surface area contributed by atoms with Crippen molar-refractivity contribution in [2.45, 2.75) is 6.54 Å². The lowest BCUT2D eigenvalue weighted by atomic mass is 10.3. The molecule has 9 heteroatoms. The van der Waals surface area contributed by atoms with E-state index < -0.39 is 17.8 Å². The number of anilines is 1. The molecular weight excluding hydrogens is 274 g/mol. The van der Waals surface area contributed by atoms with Gasteiger partial charge in [-0.2, -0.15) is 0 Å². The second-order valence-electron chi connectivity index (χ2n) is 3.81. The lowest BCUT2D eigenvalue weighted by molar-refractivity contribution is -0.143. The van der Waals surface area contributed by atoms with Crippen molar-refractivity contribution in [1.82, 2.24) is 14.8 Å². The molecule has 1 aromatic rings. The number of halogens is 1. The summed E-state index contributed by atoms with van der Waals surface area (Å²) in [7, 11) is 1.23. The van der Waals surface area contributed by atoms with Crippen LogP contribution in [0.5, 0.6) is 0 Å². The van der Waals surface area contributed by atoms with Crippen LogP contribution in [0.3, 0.4) is 0 Å². The molecule has 0 atom stereocenters. The zero-order chi connectivity index (χ0) is 14.2. The maximum Gasteiger partial charge on any atom is 0.334 e. The van der Waals surface area contributed by atoms with Gasteiger partial charge in [-0.3, -0.25) is 14.5 Å². The summed E-state index contributed by atoms with van der Waals surface area (Å²) in [4.78, 5) is 40.2. The predicted octanol–water partition coefficient (Wildman–Crippen LogP) is -0.0588. The first-order valence-electron chi connectivity index (χ1n) is 5.21. The van der Waals surface area contributed by atoms with E-state index in [1.54, 1.807) is 0 Å². The topological polar surface area (TPSA) is 109 Å². The van der Waals surface area contributed by atoms with Crippen LogP contribution in [-0.2, 0) is 16.1 Å². The molecule has 0 saturated carbocycles. The van der Waals surface area contributed by atoms with Crippen molar-refractivity contribution in [2.24, 2.45) is 5.84 Å². The molecule has 2 rings (SSSR count). The summed E-state index contributed by atoms with van der Waals surface area (Å²) in [6.07, 6.45) is 0.